The smallest absolute Gasteiger partial charge is 0.157 e. The minimum absolute atomic E-state index is 0.787. The van der Waals surface area contributed by atoms with E-state index in [-0.39, 0.29) is 0 Å². The van der Waals surface area contributed by atoms with Gasteiger partial charge in [0.2, 0.25) is 0 Å². The molecule has 0 radical (unpaired) electrons. The maximum absolute atomic E-state index is 10.0. The molecule has 72 valence electrons. The van der Waals surface area contributed by atoms with Crippen molar-refractivity contribution in [1.29, 1.82) is 0 Å². The topological polar surface area (TPSA) is 52.1 Å². The van der Waals surface area contributed by atoms with Crippen molar-refractivity contribution < 1.29 is 9.48 Å². The Morgan fingerprint density at radius 1 is 0.750 bits per heavy atom. The van der Waals surface area contributed by atoms with E-state index in [1.807, 2.05) is 0 Å². The quantitative estimate of drug-likeness (QED) is 0.240. The van der Waals surface area contributed by atoms with Crippen LogP contribution in [0.15, 0.2) is 0 Å². The lowest BCUT2D eigenvalue weighted by Gasteiger charge is -1.93. The molecule has 0 saturated carbocycles. The molecule has 0 unspecified atom stereocenters. The van der Waals surface area contributed by atoms with Gasteiger partial charge in [-0.1, -0.05) is 0 Å². The number of hydroxylamine groups is 2. The minimum atomic E-state index is 0.787. The summed E-state index contributed by atoms with van der Waals surface area (Å²) in [6, 6.07) is 0. The van der Waals surface area contributed by atoms with Crippen LogP contribution < -0.4 is 0 Å². The maximum Gasteiger partial charge on any atom is 0.157 e. The van der Waals surface area contributed by atoms with E-state index in [0.717, 1.165) is 20.9 Å². The lowest BCUT2D eigenvalue weighted by atomic mass is 10.5. The highest BCUT2D eigenvalue weighted by Gasteiger charge is 1.80. The van der Waals surface area contributed by atoms with Gasteiger partial charge < -0.3 is 10.4 Å². The van der Waals surface area contributed by atoms with Crippen LogP contribution in [0, 0.1) is 10.4 Å². The maximum atomic E-state index is 10.0. The molecule has 0 N–H and O–H groups in total. The Labute approximate surface area is 74.0 Å². The Morgan fingerprint density at radius 2 is 0.833 bits per heavy atom. The van der Waals surface area contributed by atoms with Crippen LogP contribution in [0.1, 0.15) is 27.7 Å². The standard InChI is InChI=1S/2C4H9NO/c2*1-4(2)5(3)6/h2*1-3H3. The first-order chi connectivity index (χ1) is 5.29. The Bertz CT molecular complexity index is 137. The van der Waals surface area contributed by atoms with E-state index in [1.54, 1.807) is 27.7 Å². The molecule has 0 aromatic carbocycles. The Hall–Kier alpha value is -1.06. The summed E-state index contributed by atoms with van der Waals surface area (Å²) >= 11 is 0. The van der Waals surface area contributed by atoms with Crippen molar-refractivity contribution in [2.45, 2.75) is 27.7 Å². The minimum Gasteiger partial charge on any atom is -0.624 e. The molecule has 0 heterocycles. The lowest BCUT2D eigenvalue weighted by molar-refractivity contribution is -0.423. The molecule has 0 bridgehead atoms. The second-order valence-electron chi connectivity index (χ2n) is 2.89. The van der Waals surface area contributed by atoms with Gasteiger partial charge in [-0.15, -0.1) is 0 Å². The van der Waals surface area contributed by atoms with E-state index in [2.05, 4.69) is 0 Å². The van der Waals surface area contributed by atoms with Gasteiger partial charge in [0, 0.05) is 27.7 Å². The van der Waals surface area contributed by atoms with Crippen LogP contribution in [-0.2, 0) is 0 Å². The number of hydrogen-bond acceptors (Lipinski definition) is 2. The molecular weight excluding hydrogens is 156 g/mol. The third kappa shape index (κ3) is 11.7. The van der Waals surface area contributed by atoms with Gasteiger partial charge in [0.25, 0.3) is 0 Å². The highest BCUT2D eigenvalue weighted by molar-refractivity contribution is 5.74. The predicted octanol–water partition coefficient (Wildman–Crippen LogP) is 1.21. The van der Waals surface area contributed by atoms with Gasteiger partial charge in [0.15, 0.2) is 11.4 Å². The average molecular weight is 174 g/mol. The van der Waals surface area contributed by atoms with Crippen molar-refractivity contribution in [3.63, 3.8) is 0 Å². The summed E-state index contributed by atoms with van der Waals surface area (Å²) in [5, 5.41) is 20.0. The van der Waals surface area contributed by atoms with Gasteiger partial charge in [-0.25, -0.2) is 9.48 Å². The first-order valence-corrected chi connectivity index (χ1v) is 3.71. The van der Waals surface area contributed by atoms with Gasteiger partial charge in [-0.05, 0) is 0 Å². The second kappa shape index (κ2) is 6.64. The zero-order valence-electron chi connectivity index (χ0n) is 8.71. The highest BCUT2D eigenvalue weighted by atomic mass is 16.5. The van der Waals surface area contributed by atoms with Crippen LogP contribution in [0.25, 0.3) is 0 Å². The molecule has 0 amide bonds. The molecule has 0 saturated heterocycles. The normalized spacial score (nSPS) is 7.83. The largest absolute Gasteiger partial charge is 0.624 e. The summed E-state index contributed by atoms with van der Waals surface area (Å²) in [5.74, 6) is 0. The number of nitrogens with zero attached hydrogens (tertiary/aromatic N) is 2. The fourth-order valence-corrected chi connectivity index (χ4v) is 0. The van der Waals surface area contributed by atoms with Crippen molar-refractivity contribution in [2.75, 3.05) is 14.1 Å². The summed E-state index contributed by atoms with van der Waals surface area (Å²) in [7, 11) is 2.96. The zero-order chi connectivity index (χ0) is 10.3. The molecule has 0 aliphatic heterocycles. The van der Waals surface area contributed by atoms with Crippen LogP contribution in [0.3, 0.4) is 0 Å². The van der Waals surface area contributed by atoms with Gasteiger partial charge in [0.05, 0.1) is 0 Å². The fourth-order valence-electron chi connectivity index (χ4n) is 0. The first-order valence-electron chi connectivity index (χ1n) is 3.71. The Morgan fingerprint density at radius 3 is 0.833 bits per heavy atom. The van der Waals surface area contributed by atoms with Crippen LogP contribution in [0.5, 0.6) is 0 Å². The van der Waals surface area contributed by atoms with Gasteiger partial charge in [-0.2, -0.15) is 0 Å². The summed E-state index contributed by atoms with van der Waals surface area (Å²) in [6.07, 6.45) is 0. The van der Waals surface area contributed by atoms with Crippen LogP contribution in [-0.4, -0.2) is 35.0 Å². The SMILES string of the molecule is CC(C)=[N+](C)[O-].CC(C)=[N+](C)[O-]. The first kappa shape index (κ1) is 13.5. The molecule has 0 spiro atoms. The third-order valence-corrected chi connectivity index (χ3v) is 1.26. The molecule has 0 atom stereocenters. The van der Waals surface area contributed by atoms with Gasteiger partial charge >= 0.3 is 0 Å². The summed E-state index contributed by atoms with van der Waals surface area (Å²) in [5.41, 5.74) is 1.57. The Balaban J connectivity index is 0. The van der Waals surface area contributed by atoms with E-state index in [1.165, 1.54) is 14.1 Å². The molecule has 12 heavy (non-hydrogen) atoms. The number of rotatable bonds is 0. The van der Waals surface area contributed by atoms with E-state index in [4.69, 9.17) is 0 Å². The summed E-state index contributed by atoms with van der Waals surface area (Å²) < 4.78 is 1.67. The van der Waals surface area contributed by atoms with Crippen molar-refractivity contribution in [3.05, 3.63) is 10.4 Å². The molecule has 0 aromatic rings. The van der Waals surface area contributed by atoms with E-state index in [9.17, 15) is 10.4 Å². The van der Waals surface area contributed by atoms with Crippen molar-refractivity contribution in [3.8, 4) is 0 Å². The van der Waals surface area contributed by atoms with E-state index >= 15 is 0 Å². The second-order valence-corrected chi connectivity index (χ2v) is 2.89. The van der Waals surface area contributed by atoms with Gasteiger partial charge in [-0.3, -0.25) is 0 Å². The third-order valence-electron chi connectivity index (χ3n) is 1.26. The summed E-state index contributed by atoms with van der Waals surface area (Å²) in [6.45, 7) is 7.08. The fraction of sp³-hybridized carbons (Fsp3) is 0.750. The predicted molar refractivity (Wildman–Crippen MR) is 51.8 cm³/mol. The monoisotopic (exact) mass is 174 g/mol. The molecule has 4 nitrogen and oxygen atoms in total. The molecule has 0 rings (SSSR count). The van der Waals surface area contributed by atoms with Crippen LogP contribution in [0.4, 0.5) is 0 Å². The van der Waals surface area contributed by atoms with Gasteiger partial charge in [0.1, 0.15) is 14.1 Å². The van der Waals surface area contributed by atoms with Crippen molar-refractivity contribution >= 4 is 11.4 Å². The zero-order valence-corrected chi connectivity index (χ0v) is 8.71. The average Bonchev–Trinajstić information content (AvgIpc) is 1.88. The van der Waals surface area contributed by atoms with E-state index < -0.39 is 0 Å². The molecule has 0 aliphatic carbocycles. The molecular formula is C8H18N2O2. The molecule has 0 aromatic heterocycles. The molecule has 0 aliphatic rings. The molecule has 4 heteroatoms. The van der Waals surface area contributed by atoms with Crippen molar-refractivity contribution in [2.24, 2.45) is 0 Å². The number of hydrogen-bond donors (Lipinski definition) is 0. The summed E-state index contributed by atoms with van der Waals surface area (Å²) in [4.78, 5) is 0. The van der Waals surface area contributed by atoms with Crippen LogP contribution >= 0.6 is 0 Å². The van der Waals surface area contributed by atoms with Crippen LogP contribution in [0.2, 0.25) is 0 Å². The lowest BCUT2D eigenvalue weighted by Crippen LogP contribution is -2.01. The Kier molecular flexibility index (Phi) is 7.48. The van der Waals surface area contributed by atoms with E-state index in [0.29, 0.717) is 0 Å². The van der Waals surface area contributed by atoms with Crippen molar-refractivity contribution in [1.82, 2.24) is 0 Å². The highest BCUT2D eigenvalue weighted by Crippen LogP contribution is 1.66. The molecule has 0 fully saturated rings.